The van der Waals surface area contributed by atoms with Crippen LogP contribution in [-0.4, -0.2) is 12.5 Å². The van der Waals surface area contributed by atoms with E-state index in [1.807, 2.05) is 54.6 Å². The highest BCUT2D eigenvalue weighted by Crippen LogP contribution is 2.30. The van der Waals surface area contributed by atoms with E-state index in [2.05, 4.69) is 11.4 Å². The van der Waals surface area contributed by atoms with Crippen LogP contribution in [0.2, 0.25) is 0 Å². The van der Waals surface area contributed by atoms with E-state index in [0.717, 1.165) is 27.3 Å². The van der Waals surface area contributed by atoms with Crippen molar-refractivity contribution in [3.8, 4) is 11.8 Å². The van der Waals surface area contributed by atoms with Crippen molar-refractivity contribution in [3.63, 3.8) is 0 Å². The van der Waals surface area contributed by atoms with Crippen LogP contribution >= 0.6 is 0 Å². The number of carbonyl (C=O) groups excluding carboxylic acids is 1. The molecule has 3 aromatic carbocycles. The predicted octanol–water partition coefficient (Wildman–Crippen LogP) is 5.45. The van der Waals surface area contributed by atoms with Gasteiger partial charge in [0.15, 0.2) is 0 Å². The third kappa shape index (κ3) is 4.22. The summed E-state index contributed by atoms with van der Waals surface area (Å²) >= 11 is 0. The number of benzene rings is 3. The molecular weight excluding hydrogens is 364 g/mol. The Labute approximate surface area is 168 Å². The fraction of sp³-hybridized carbons (Fsp3) is 0.167. The second-order valence-corrected chi connectivity index (χ2v) is 6.78. The number of anilines is 1. The second kappa shape index (κ2) is 8.49. The van der Waals surface area contributed by atoms with E-state index in [-0.39, 0.29) is 12.3 Å². The van der Waals surface area contributed by atoms with Gasteiger partial charge >= 0.3 is 0 Å². The summed E-state index contributed by atoms with van der Waals surface area (Å²) in [5.41, 5.74) is 2.31. The maximum Gasteiger partial charge on any atom is 0.228 e. The first kappa shape index (κ1) is 18.6. The van der Waals surface area contributed by atoms with Crippen LogP contribution in [0.15, 0.2) is 71.3 Å². The molecule has 0 atom stereocenters. The van der Waals surface area contributed by atoms with E-state index in [1.165, 1.54) is 0 Å². The van der Waals surface area contributed by atoms with Gasteiger partial charge in [-0.1, -0.05) is 36.4 Å². The normalized spacial score (nSPS) is 10.7. The summed E-state index contributed by atoms with van der Waals surface area (Å²) in [6.07, 6.45) is 3.01. The minimum absolute atomic E-state index is 0.123. The van der Waals surface area contributed by atoms with Gasteiger partial charge in [0.25, 0.3) is 0 Å². The largest absolute Gasteiger partial charge is 0.493 e. The van der Waals surface area contributed by atoms with Crippen LogP contribution in [0.4, 0.5) is 5.69 Å². The average Bonchev–Trinajstić information content (AvgIpc) is 3.14. The molecule has 0 aliphatic rings. The van der Waals surface area contributed by atoms with Gasteiger partial charge in [-0.2, -0.15) is 5.26 Å². The Hall–Kier alpha value is -3.78. The van der Waals surface area contributed by atoms with Crippen LogP contribution in [-0.2, 0) is 11.2 Å². The summed E-state index contributed by atoms with van der Waals surface area (Å²) in [6, 6.07) is 21.4. The molecule has 0 bridgehead atoms. The van der Waals surface area contributed by atoms with Crippen LogP contribution in [0.3, 0.4) is 0 Å². The fourth-order valence-electron chi connectivity index (χ4n) is 3.39. The number of hydrogen-bond donors (Lipinski definition) is 1. The maximum atomic E-state index is 12.6. The number of carbonyl (C=O) groups is 1. The molecule has 0 saturated heterocycles. The Balaban J connectivity index is 1.48. The summed E-state index contributed by atoms with van der Waals surface area (Å²) in [6.45, 7) is 0.471. The van der Waals surface area contributed by atoms with Crippen molar-refractivity contribution in [3.05, 3.63) is 72.5 Å². The first-order valence-corrected chi connectivity index (χ1v) is 9.52. The predicted molar refractivity (Wildman–Crippen MR) is 113 cm³/mol. The van der Waals surface area contributed by atoms with Crippen LogP contribution in [0.25, 0.3) is 21.7 Å². The zero-order valence-corrected chi connectivity index (χ0v) is 15.9. The number of nitriles is 1. The van der Waals surface area contributed by atoms with Crippen molar-refractivity contribution in [2.45, 2.75) is 19.3 Å². The number of rotatable bonds is 7. The Morgan fingerprint density at radius 1 is 1.10 bits per heavy atom. The van der Waals surface area contributed by atoms with Gasteiger partial charge < -0.3 is 14.5 Å². The molecule has 29 heavy (non-hydrogen) atoms. The van der Waals surface area contributed by atoms with Crippen molar-refractivity contribution >= 4 is 33.3 Å². The molecule has 5 nitrogen and oxygen atoms in total. The summed E-state index contributed by atoms with van der Waals surface area (Å²) < 4.78 is 11.3. The average molecular weight is 384 g/mol. The number of furan rings is 1. The summed E-state index contributed by atoms with van der Waals surface area (Å²) in [5, 5.41) is 14.7. The topological polar surface area (TPSA) is 75.3 Å². The van der Waals surface area contributed by atoms with Gasteiger partial charge in [0.1, 0.15) is 11.3 Å². The smallest absolute Gasteiger partial charge is 0.228 e. The first-order chi connectivity index (χ1) is 14.2. The Morgan fingerprint density at radius 3 is 2.90 bits per heavy atom. The lowest BCUT2D eigenvalue weighted by Crippen LogP contribution is -2.14. The first-order valence-electron chi connectivity index (χ1n) is 9.52. The van der Waals surface area contributed by atoms with Crippen LogP contribution < -0.4 is 10.1 Å². The molecule has 0 spiro atoms. The number of amides is 1. The zero-order valence-electron chi connectivity index (χ0n) is 15.9. The van der Waals surface area contributed by atoms with Crippen molar-refractivity contribution in [2.75, 3.05) is 11.9 Å². The molecule has 0 aliphatic carbocycles. The lowest BCUT2D eigenvalue weighted by Gasteiger charge is -2.09. The number of nitrogens with zero attached hydrogens (tertiary/aromatic N) is 1. The minimum atomic E-state index is -0.123. The Kier molecular flexibility index (Phi) is 5.44. The van der Waals surface area contributed by atoms with Gasteiger partial charge in [-0.3, -0.25) is 4.79 Å². The fourth-order valence-corrected chi connectivity index (χ4v) is 3.39. The number of ether oxygens (including phenoxy) is 1. The third-order valence-electron chi connectivity index (χ3n) is 4.71. The highest BCUT2D eigenvalue weighted by Gasteiger charge is 2.13. The Bertz CT molecular complexity index is 1200. The maximum absolute atomic E-state index is 12.6. The van der Waals surface area contributed by atoms with Gasteiger partial charge in [-0.15, -0.1) is 0 Å². The molecule has 4 aromatic rings. The number of hydrogen-bond acceptors (Lipinski definition) is 4. The second-order valence-electron chi connectivity index (χ2n) is 6.78. The van der Waals surface area contributed by atoms with Crippen molar-refractivity contribution in [1.29, 1.82) is 5.26 Å². The molecule has 0 aliphatic heterocycles. The lowest BCUT2D eigenvalue weighted by atomic mass is 10.0. The van der Waals surface area contributed by atoms with Gasteiger partial charge in [0, 0.05) is 29.1 Å². The van der Waals surface area contributed by atoms with Crippen LogP contribution in [0.1, 0.15) is 18.4 Å². The van der Waals surface area contributed by atoms with Crippen molar-refractivity contribution in [2.24, 2.45) is 0 Å². The molecule has 1 amide bonds. The molecule has 1 heterocycles. The quantitative estimate of drug-likeness (QED) is 0.430. The number of nitrogens with one attached hydrogen (secondary N) is 1. The molecule has 0 saturated carbocycles. The van der Waals surface area contributed by atoms with Gasteiger partial charge in [-0.25, -0.2) is 0 Å². The van der Waals surface area contributed by atoms with Gasteiger partial charge in [-0.05, 0) is 35.4 Å². The number of fused-ring (bicyclic) bond motifs is 3. The van der Waals surface area contributed by atoms with E-state index in [4.69, 9.17) is 14.4 Å². The zero-order chi connectivity index (χ0) is 20.1. The molecule has 5 heteroatoms. The van der Waals surface area contributed by atoms with Gasteiger partial charge in [0.2, 0.25) is 5.91 Å². The standard InChI is InChI=1S/C24H20N2O3/c25-12-3-4-13-28-20-8-5-7-19(15-20)26-23(27)14-18-16-29-22-11-10-17-6-1-2-9-21(17)24(18)22/h1-2,5-11,15-16H,3-4,13-14H2,(H,26,27). The van der Waals surface area contributed by atoms with E-state index in [0.29, 0.717) is 30.9 Å². The molecular formula is C24H20N2O3. The van der Waals surface area contributed by atoms with E-state index < -0.39 is 0 Å². The van der Waals surface area contributed by atoms with Crippen LogP contribution in [0, 0.1) is 11.3 Å². The highest BCUT2D eigenvalue weighted by atomic mass is 16.5. The summed E-state index contributed by atoms with van der Waals surface area (Å²) in [5.74, 6) is 0.544. The summed E-state index contributed by atoms with van der Waals surface area (Å²) in [7, 11) is 0. The minimum Gasteiger partial charge on any atom is -0.493 e. The monoisotopic (exact) mass is 384 g/mol. The third-order valence-corrected chi connectivity index (χ3v) is 4.71. The number of unbranched alkanes of at least 4 members (excludes halogenated alkanes) is 1. The van der Waals surface area contributed by atoms with Crippen molar-refractivity contribution in [1.82, 2.24) is 0 Å². The molecule has 144 valence electrons. The summed E-state index contributed by atoms with van der Waals surface area (Å²) in [4.78, 5) is 12.6. The molecule has 0 fully saturated rings. The van der Waals surface area contributed by atoms with Crippen molar-refractivity contribution < 1.29 is 13.9 Å². The SMILES string of the molecule is N#CCCCOc1cccc(NC(=O)Cc2coc3ccc4ccccc4c23)c1. The van der Waals surface area contributed by atoms with E-state index >= 15 is 0 Å². The van der Waals surface area contributed by atoms with Crippen LogP contribution in [0.5, 0.6) is 5.75 Å². The molecule has 0 radical (unpaired) electrons. The molecule has 4 rings (SSSR count). The lowest BCUT2D eigenvalue weighted by molar-refractivity contribution is -0.115. The van der Waals surface area contributed by atoms with E-state index in [1.54, 1.807) is 12.3 Å². The molecule has 1 aromatic heterocycles. The molecule has 1 N–H and O–H groups in total. The Morgan fingerprint density at radius 2 is 2.00 bits per heavy atom. The highest BCUT2D eigenvalue weighted by molar-refractivity contribution is 6.09. The van der Waals surface area contributed by atoms with E-state index in [9.17, 15) is 4.79 Å². The molecule has 0 unspecified atom stereocenters. The van der Waals surface area contributed by atoms with Gasteiger partial charge in [0.05, 0.1) is 25.4 Å².